The van der Waals surface area contributed by atoms with Crippen LogP contribution in [0.4, 0.5) is 0 Å². The lowest BCUT2D eigenvalue weighted by Gasteiger charge is -2.38. The molecule has 6 nitrogen and oxygen atoms in total. The van der Waals surface area contributed by atoms with Gasteiger partial charge in [-0.25, -0.2) is 0 Å². The summed E-state index contributed by atoms with van der Waals surface area (Å²) in [5.74, 6) is 2.87. The van der Waals surface area contributed by atoms with Gasteiger partial charge >= 0.3 is 5.97 Å². The summed E-state index contributed by atoms with van der Waals surface area (Å²) in [5.41, 5.74) is 3.71. The summed E-state index contributed by atoms with van der Waals surface area (Å²) in [7, 11) is 1.66. The zero-order chi connectivity index (χ0) is 31.6. The predicted octanol–water partition coefficient (Wildman–Crippen LogP) is 7.33. The zero-order valence-electron chi connectivity index (χ0n) is 27.6. The zero-order valence-corrected chi connectivity index (χ0v) is 27.6. The van der Waals surface area contributed by atoms with Gasteiger partial charge in [-0.05, 0) is 85.3 Å². The minimum absolute atomic E-state index is 0.0707. The van der Waals surface area contributed by atoms with Crippen molar-refractivity contribution in [2.24, 2.45) is 17.8 Å². The van der Waals surface area contributed by atoms with E-state index in [1.54, 1.807) is 7.11 Å². The predicted molar refractivity (Wildman–Crippen MR) is 183 cm³/mol. The summed E-state index contributed by atoms with van der Waals surface area (Å²) in [5, 5.41) is 0. The summed E-state index contributed by atoms with van der Waals surface area (Å²) in [6, 6.07) is 29.9. The Morgan fingerprint density at radius 3 is 2.20 bits per heavy atom. The van der Waals surface area contributed by atoms with Crippen LogP contribution in [0.5, 0.6) is 5.75 Å². The molecule has 46 heavy (non-hydrogen) atoms. The van der Waals surface area contributed by atoms with Gasteiger partial charge in [0.05, 0.1) is 13.7 Å². The van der Waals surface area contributed by atoms with Crippen LogP contribution in [-0.2, 0) is 27.5 Å². The number of methoxy groups -OCH3 is 1. The van der Waals surface area contributed by atoms with Gasteiger partial charge in [0.25, 0.3) is 0 Å². The van der Waals surface area contributed by atoms with Gasteiger partial charge in [0.2, 0.25) is 0 Å². The van der Waals surface area contributed by atoms with Gasteiger partial charge in [-0.3, -0.25) is 9.69 Å². The van der Waals surface area contributed by atoms with Gasteiger partial charge < -0.3 is 19.1 Å². The highest BCUT2D eigenvalue weighted by Gasteiger charge is 2.41. The quantitative estimate of drug-likeness (QED) is 0.186. The van der Waals surface area contributed by atoms with Crippen LogP contribution in [0.15, 0.2) is 84.9 Å². The molecule has 246 valence electrons. The highest BCUT2D eigenvalue weighted by Crippen LogP contribution is 2.40. The highest BCUT2D eigenvalue weighted by atomic mass is 16.5. The number of piperidine rings is 1. The van der Waals surface area contributed by atoms with E-state index in [4.69, 9.17) is 14.2 Å². The average molecular weight is 625 g/mol. The fourth-order valence-corrected chi connectivity index (χ4v) is 8.09. The molecule has 4 atom stereocenters. The molecule has 0 bridgehead atoms. The van der Waals surface area contributed by atoms with E-state index in [0.29, 0.717) is 49.3 Å². The molecular weight excluding hydrogens is 572 g/mol. The Morgan fingerprint density at radius 1 is 0.761 bits per heavy atom. The molecule has 0 spiro atoms. The molecule has 2 aliphatic heterocycles. The van der Waals surface area contributed by atoms with E-state index in [2.05, 4.69) is 70.5 Å². The summed E-state index contributed by atoms with van der Waals surface area (Å²) in [6.45, 7) is 7.54. The van der Waals surface area contributed by atoms with Crippen molar-refractivity contribution >= 4 is 5.97 Å². The van der Waals surface area contributed by atoms with E-state index in [1.165, 1.54) is 43.2 Å². The van der Waals surface area contributed by atoms with Crippen LogP contribution in [0, 0.1) is 17.8 Å². The molecule has 0 N–H and O–H groups in total. The Kier molecular flexibility index (Phi) is 11.8. The van der Waals surface area contributed by atoms with Crippen LogP contribution in [0.2, 0.25) is 0 Å². The van der Waals surface area contributed by atoms with Crippen molar-refractivity contribution in [3.63, 3.8) is 0 Å². The molecule has 3 aromatic rings. The highest BCUT2D eigenvalue weighted by molar-refractivity contribution is 5.69. The van der Waals surface area contributed by atoms with Crippen LogP contribution < -0.4 is 4.74 Å². The van der Waals surface area contributed by atoms with Gasteiger partial charge in [0.1, 0.15) is 12.4 Å². The van der Waals surface area contributed by atoms with Crippen LogP contribution >= 0.6 is 0 Å². The first kappa shape index (κ1) is 32.7. The molecule has 3 fully saturated rings. The molecule has 6 rings (SSSR count). The maximum Gasteiger partial charge on any atom is 0.306 e. The Morgan fingerprint density at radius 2 is 1.46 bits per heavy atom. The van der Waals surface area contributed by atoms with E-state index in [1.807, 2.05) is 24.3 Å². The molecule has 0 amide bonds. The number of esters is 1. The number of rotatable bonds is 13. The summed E-state index contributed by atoms with van der Waals surface area (Å²) in [6.07, 6.45) is 7.68. The smallest absolute Gasteiger partial charge is 0.306 e. The van der Waals surface area contributed by atoms with E-state index >= 15 is 0 Å². The van der Waals surface area contributed by atoms with Crippen molar-refractivity contribution in [1.82, 2.24) is 9.80 Å². The summed E-state index contributed by atoms with van der Waals surface area (Å²) >= 11 is 0. The van der Waals surface area contributed by atoms with Crippen LogP contribution in [0.25, 0.3) is 0 Å². The second-order valence-electron chi connectivity index (χ2n) is 13.8. The molecule has 6 heteroatoms. The van der Waals surface area contributed by atoms with Crippen LogP contribution in [-0.4, -0.2) is 68.3 Å². The van der Waals surface area contributed by atoms with Gasteiger partial charge in [-0.15, -0.1) is 0 Å². The molecule has 1 saturated carbocycles. The number of ether oxygens (including phenoxy) is 3. The normalized spacial score (nSPS) is 24.5. The number of likely N-dealkylation sites (tertiary alicyclic amines) is 2. The number of carbonyl (C=O) groups excluding carboxylic acids is 1. The molecule has 3 aliphatic rings. The van der Waals surface area contributed by atoms with Gasteiger partial charge in [-0.1, -0.05) is 85.6 Å². The van der Waals surface area contributed by atoms with E-state index in [0.717, 1.165) is 57.1 Å². The average Bonchev–Trinajstić information content (AvgIpc) is 3.53. The minimum Gasteiger partial charge on any atom is -0.497 e. The van der Waals surface area contributed by atoms with E-state index in [-0.39, 0.29) is 5.97 Å². The number of benzene rings is 3. The maximum absolute atomic E-state index is 13.1. The molecule has 0 radical (unpaired) electrons. The van der Waals surface area contributed by atoms with E-state index < -0.39 is 0 Å². The number of hydrogen-bond acceptors (Lipinski definition) is 6. The first-order chi connectivity index (χ1) is 22.6. The lowest BCUT2D eigenvalue weighted by Crippen LogP contribution is -2.43. The molecule has 1 aliphatic carbocycles. The first-order valence-corrected chi connectivity index (χ1v) is 17.6. The second kappa shape index (κ2) is 16.6. The number of nitrogens with zero attached hydrogens (tertiary/aromatic N) is 2. The topological polar surface area (TPSA) is 51.2 Å². The number of carbonyl (C=O) groups is 1. The van der Waals surface area contributed by atoms with Crippen molar-refractivity contribution in [1.29, 1.82) is 0 Å². The molecule has 3 aromatic carbocycles. The van der Waals surface area contributed by atoms with Crippen molar-refractivity contribution in [2.45, 2.75) is 70.1 Å². The monoisotopic (exact) mass is 624 g/mol. The Bertz CT molecular complexity index is 1330. The molecule has 2 heterocycles. The van der Waals surface area contributed by atoms with Crippen LogP contribution in [0.1, 0.15) is 67.6 Å². The fraction of sp³-hybridized carbons (Fsp3) is 0.525. The lowest BCUT2D eigenvalue weighted by atomic mass is 9.81. The third kappa shape index (κ3) is 8.99. The van der Waals surface area contributed by atoms with Crippen molar-refractivity contribution in [2.75, 3.05) is 46.4 Å². The standard InChI is InChI=1S/C40H52N2O4/c1-44-37-18-16-32(17-19-37)30-46-40(43)24-35-14-8-9-15-39(35)42-26-36(38(27-42)34-12-6-3-7-13-34)25-41-22-20-33(21-23-41)29-45-28-31-10-4-2-5-11-31/h2-7,10-13,16-19,33,35-36,38-39H,8-9,14-15,20-30H2,1H3. The van der Waals surface area contributed by atoms with Crippen molar-refractivity contribution < 1.29 is 19.0 Å². The Labute approximate surface area is 276 Å². The van der Waals surface area contributed by atoms with Gasteiger partial charge in [0.15, 0.2) is 0 Å². The lowest BCUT2D eigenvalue weighted by molar-refractivity contribution is -0.147. The molecular formula is C40H52N2O4. The third-order valence-electron chi connectivity index (χ3n) is 10.7. The second-order valence-corrected chi connectivity index (χ2v) is 13.8. The maximum atomic E-state index is 13.1. The Hall–Kier alpha value is -3.19. The van der Waals surface area contributed by atoms with Crippen LogP contribution in [0.3, 0.4) is 0 Å². The van der Waals surface area contributed by atoms with Crippen molar-refractivity contribution in [3.8, 4) is 5.75 Å². The summed E-state index contributed by atoms with van der Waals surface area (Å²) < 4.78 is 17.1. The van der Waals surface area contributed by atoms with Gasteiger partial charge in [-0.2, -0.15) is 0 Å². The largest absolute Gasteiger partial charge is 0.497 e. The number of hydrogen-bond donors (Lipinski definition) is 0. The Balaban J connectivity index is 1.02. The molecule has 2 saturated heterocycles. The fourth-order valence-electron chi connectivity index (χ4n) is 8.09. The molecule has 0 aromatic heterocycles. The first-order valence-electron chi connectivity index (χ1n) is 17.6. The molecule has 4 unspecified atom stereocenters. The van der Waals surface area contributed by atoms with Gasteiger partial charge in [0, 0.05) is 44.6 Å². The SMILES string of the molecule is COc1ccc(COC(=O)CC2CCCCC2N2CC(CN3CCC(COCc4ccccc4)CC3)C(c3ccccc3)C2)cc1. The van der Waals surface area contributed by atoms with E-state index in [9.17, 15) is 4.79 Å². The summed E-state index contributed by atoms with van der Waals surface area (Å²) in [4.78, 5) is 18.5. The van der Waals surface area contributed by atoms with Crippen molar-refractivity contribution in [3.05, 3.63) is 102 Å². The third-order valence-corrected chi connectivity index (χ3v) is 10.7. The minimum atomic E-state index is -0.0707.